The fourth-order valence-corrected chi connectivity index (χ4v) is 4.13. The fourth-order valence-electron chi connectivity index (χ4n) is 4.13. The molecular weight excluding hydrogens is 357 g/mol. The highest BCUT2D eigenvalue weighted by Crippen LogP contribution is 2.37. The molecule has 6 heteroatoms. The van der Waals surface area contributed by atoms with Crippen molar-refractivity contribution in [1.82, 2.24) is 14.7 Å². The van der Waals surface area contributed by atoms with Crippen molar-refractivity contribution in [2.24, 2.45) is 5.92 Å². The Balaban J connectivity index is 1.31. The zero-order valence-electron chi connectivity index (χ0n) is 16.2. The van der Waals surface area contributed by atoms with Gasteiger partial charge < -0.3 is 5.11 Å². The molecule has 2 aliphatic rings. The molecule has 0 spiro atoms. The van der Waals surface area contributed by atoms with Crippen LogP contribution in [0.15, 0.2) is 30.3 Å². The smallest absolute Gasteiger partial charge is 0.162 e. The SMILES string of the molecule is O=C(CCCN1CCCn2nc([C@@H](O)C3CCC3)cc2C1)c1ccc(F)cc1. The van der Waals surface area contributed by atoms with Gasteiger partial charge in [-0.1, -0.05) is 6.42 Å². The van der Waals surface area contributed by atoms with E-state index in [9.17, 15) is 14.3 Å². The Morgan fingerprint density at radius 2 is 2.00 bits per heavy atom. The number of aromatic nitrogens is 2. The van der Waals surface area contributed by atoms with Crippen molar-refractivity contribution < 1.29 is 14.3 Å². The molecule has 28 heavy (non-hydrogen) atoms. The van der Waals surface area contributed by atoms with Gasteiger partial charge in [-0.3, -0.25) is 14.4 Å². The van der Waals surface area contributed by atoms with E-state index in [1.807, 2.05) is 4.68 Å². The van der Waals surface area contributed by atoms with Crippen molar-refractivity contribution in [1.29, 1.82) is 0 Å². The summed E-state index contributed by atoms with van der Waals surface area (Å²) < 4.78 is 15.0. The second-order valence-electron chi connectivity index (χ2n) is 8.08. The van der Waals surface area contributed by atoms with Gasteiger partial charge in [0.2, 0.25) is 0 Å². The lowest BCUT2D eigenvalue weighted by molar-refractivity contribution is 0.0581. The predicted molar refractivity (Wildman–Crippen MR) is 104 cm³/mol. The Hall–Kier alpha value is -2.05. The lowest BCUT2D eigenvalue weighted by Crippen LogP contribution is -2.25. The lowest BCUT2D eigenvalue weighted by atomic mass is 9.80. The molecule has 0 radical (unpaired) electrons. The molecule has 2 aromatic rings. The second kappa shape index (κ2) is 8.53. The highest BCUT2D eigenvalue weighted by atomic mass is 19.1. The van der Waals surface area contributed by atoms with Crippen molar-refractivity contribution in [2.75, 3.05) is 13.1 Å². The van der Waals surface area contributed by atoms with E-state index in [0.29, 0.717) is 17.9 Å². The molecule has 1 N–H and O–H groups in total. The third kappa shape index (κ3) is 4.33. The molecule has 150 valence electrons. The molecule has 1 saturated carbocycles. The summed E-state index contributed by atoms with van der Waals surface area (Å²) in [5, 5.41) is 15.2. The van der Waals surface area contributed by atoms with Crippen LogP contribution in [-0.4, -0.2) is 38.7 Å². The minimum absolute atomic E-state index is 0.0609. The van der Waals surface area contributed by atoms with E-state index in [1.54, 1.807) is 12.1 Å². The molecule has 1 atom stereocenters. The zero-order chi connectivity index (χ0) is 19.5. The lowest BCUT2D eigenvalue weighted by Gasteiger charge is -2.29. The maximum absolute atomic E-state index is 13.0. The van der Waals surface area contributed by atoms with Gasteiger partial charge in [0.05, 0.1) is 11.4 Å². The number of aryl methyl sites for hydroxylation is 1. The molecule has 0 amide bonds. The molecule has 2 heterocycles. The number of halogens is 1. The number of aliphatic hydroxyl groups is 1. The number of fused-ring (bicyclic) bond motifs is 1. The Labute approximate surface area is 165 Å². The minimum Gasteiger partial charge on any atom is -0.386 e. The number of carbonyl (C=O) groups is 1. The maximum atomic E-state index is 13.0. The predicted octanol–water partition coefficient (Wildman–Crippen LogP) is 3.72. The van der Waals surface area contributed by atoms with Crippen LogP contribution < -0.4 is 0 Å². The topological polar surface area (TPSA) is 58.4 Å². The highest BCUT2D eigenvalue weighted by molar-refractivity contribution is 5.95. The number of Topliss-reactive ketones (excluding diaryl/α,β-unsaturated/α-hetero) is 1. The van der Waals surface area contributed by atoms with Crippen LogP contribution in [0, 0.1) is 11.7 Å². The van der Waals surface area contributed by atoms with Crippen molar-refractivity contribution in [3.63, 3.8) is 0 Å². The minimum atomic E-state index is -0.435. The number of rotatable bonds is 7. The summed E-state index contributed by atoms with van der Waals surface area (Å²) in [5.74, 6) is 0.109. The van der Waals surface area contributed by atoms with Crippen LogP contribution >= 0.6 is 0 Å². The first-order valence-electron chi connectivity index (χ1n) is 10.4. The molecule has 0 saturated heterocycles. The fraction of sp³-hybridized carbons (Fsp3) is 0.545. The van der Waals surface area contributed by atoms with Gasteiger partial charge in [-0.05, 0) is 68.5 Å². The van der Waals surface area contributed by atoms with E-state index in [-0.39, 0.29) is 11.6 Å². The van der Waals surface area contributed by atoms with Gasteiger partial charge in [0, 0.05) is 31.6 Å². The molecule has 0 unspecified atom stereocenters. The number of aliphatic hydroxyl groups excluding tert-OH is 1. The number of nitrogens with zero attached hydrogens (tertiary/aromatic N) is 3. The molecule has 1 aromatic heterocycles. The van der Waals surface area contributed by atoms with Crippen LogP contribution in [-0.2, 0) is 13.1 Å². The van der Waals surface area contributed by atoms with E-state index in [0.717, 1.165) is 63.3 Å². The van der Waals surface area contributed by atoms with Crippen LogP contribution in [0.1, 0.15) is 66.4 Å². The van der Waals surface area contributed by atoms with Crippen LogP contribution in [0.2, 0.25) is 0 Å². The zero-order valence-corrected chi connectivity index (χ0v) is 16.2. The number of hydrogen-bond acceptors (Lipinski definition) is 4. The Morgan fingerprint density at radius 1 is 1.21 bits per heavy atom. The number of ketones is 1. The molecule has 1 aliphatic heterocycles. The molecular formula is C22H28FN3O2. The van der Waals surface area contributed by atoms with E-state index in [4.69, 9.17) is 0 Å². The van der Waals surface area contributed by atoms with E-state index in [2.05, 4.69) is 16.1 Å². The van der Waals surface area contributed by atoms with Crippen LogP contribution in [0.25, 0.3) is 0 Å². The summed E-state index contributed by atoms with van der Waals surface area (Å²) in [6.07, 6.45) is 5.22. The Morgan fingerprint density at radius 3 is 2.71 bits per heavy atom. The monoisotopic (exact) mass is 385 g/mol. The Kier molecular flexibility index (Phi) is 5.87. The molecule has 1 fully saturated rings. The van der Waals surface area contributed by atoms with Crippen molar-refractivity contribution in [2.45, 2.75) is 57.7 Å². The van der Waals surface area contributed by atoms with Gasteiger partial charge in [0.25, 0.3) is 0 Å². The van der Waals surface area contributed by atoms with Crippen molar-refractivity contribution in [3.05, 3.63) is 53.1 Å². The summed E-state index contributed by atoms with van der Waals surface area (Å²) >= 11 is 0. The maximum Gasteiger partial charge on any atom is 0.162 e. The summed E-state index contributed by atoms with van der Waals surface area (Å²) in [6.45, 7) is 3.50. The van der Waals surface area contributed by atoms with Gasteiger partial charge in [0.15, 0.2) is 5.78 Å². The first-order chi connectivity index (χ1) is 13.6. The molecule has 5 nitrogen and oxygen atoms in total. The standard InChI is InChI=1S/C22H28FN3O2/c23-18-9-7-16(8-10-18)21(27)6-2-11-25-12-3-13-26-19(15-25)14-20(24-26)22(28)17-4-1-5-17/h7-10,14,17,22,28H,1-6,11-13,15H2/t22-/m0/s1. The average molecular weight is 385 g/mol. The largest absolute Gasteiger partial charge is 0.386 e. The van der Waals surface area contributed by atoms with Crippen LogP contribution in [0.5, 0.6) is 0 Å². The summed E-state index contributed by atoms with van der Waals surface area (Å²) in [4.78, 5) is 14.6. The molecule has 1 aromatic carbocycles. The number of benzene rings is 1. The third-order valence-electron chi connectivity index (χ3n) is 6.06. The second-order valence-corrected chi connectivity index (χ2v) is 8.08. The summed E-state index contributed by atoms with van der Waals surface area (Å²) in [7, 11) is 0. The molecule has 0 bridgehead atoms. The average Bonchev–Trinajstić information content (AvgIpc) is 2.94. The highest BCUT2D eigenvalue weighted by Gasteiger charge is 2.29. The van der Waals surface area contributed by atoms with Gasteiger partial charge in [-0.25, -0.2) is 4.39 Å². The van der Waals surface area contributed by atoms with E-state index in [1.165, 1.54) is 18.6 Å². The van der Waals surface area contributed by atoms with Crippen molar-refractivity contribution >= 4 is 5.78 Å². The first-order valence-corrected chi connectivity index (χ1v) is 10.4. The van der Waals surface area contributed by atoms with Crippen LogP contribution in [0.4, 0.5) is 4.39 Å². The number of carbonyl (C=O) groups excluding carboxylic acids is 1. The normalized spacial score (nSPS) is 18.9. The van der Waals surface area contributed by atoms with Crippen molar-refractivity contribution in [3.8, 4) is 0 Å². The van der Waals surface area contributed by atoms with Gasteiger partial charge in [0.1, 0.15) is 11.9 Å². The van der Waals surface area contributed by atoms with E-state index < -0.39 is 6.10 Å². The van der Waals surface area contributed by atoms with Gasteiger partial charge in [-0.15, -0.1) is 0 Å². The molecule has 4 rings (SSSR count). The van der Waals surface area contributed by atoms with Gasteiger partial charge >= 0.3 is 0 Å². The Bertz CT molecular complexity index is 814. The summed E-state index contributed by atoms with van der Waals surface area (Å²) in [6, 6.07) is 7.83. The van der Waals surface area contributed by atoms with Gasteiger partial charge in [-0.2, -0.15) is 5.10 Å². The third-order valence-corrected chi connectivity index (χ3v) is 6.06. The summed E-state index contributed by atoms with van der Waals surface area (Å²) in [5.41, 5.74) is 2.54. The van der Waals surface area contributed by atoms with Crippen LogP contribution in [0.3, 0.4) is 0 Å². The first kappa shape index (κ1) is 19.3. The number of hydrogen-bond donors (Lipinski definition) is 1. The van der Waals surface area contributed by atoms with E-state index >= 15 is 0 Å². The quantitative estimate of drug-likeness (QED) is 0.738. The molecule has 1 aliphatic carbocycles.